The summed E-state index contributed by atoms with van der Waals surface area (Å²) in [5, 5.41) is 8.43. The molecule has 4 heteroatoms. The Labute approximate surface area is 59.6 Å². The van der Waals surface area contributed by atoms with E-state index in [1.54, 1.807) is 6.92 Å². The number of nitrogens with two attached hydrogens (primary N) is 1. The second kappa shape index (κ2) is 10.5. The Hall–Kier alpha value is 0.500. The molecule has 0 aromatic rings. The van der Waals surface area contributed by atoms with Crippen molar-refractivity contribution in [1.82, 2.24) is 0 Å². The Morgan fingerprint density at radius 2 is 1.75 bits per heavy atom. The van der Waals surface area contributed by atoms with E-state index in [9.17, 15) is 0 Å². The molecule has 0 radical (unpaired) electrons. The van der Waals surface area contributed by atoms with Crippen molar-refractivity contribution in [3.05, 3.63) is 0 Å². The van der Waals surface area contributed by atoms with E-state index in [-0.39, 0.29) is 11.4 Å². The topological polar surface area (TPSA) is 46.2 Å². The van der Waals surface area contributed by atoms with E-state index < -0.39 is 0 Å². The highest BCUT2D eigenvalue weighted by molar-refractivity contribution is 6.40. The summed E-state index contributed by atoms with van der Waals surface area (Å²) in [6.07, 6.45) is -0.338. The van der Waals surface area contributed by atoms with E-state index in [2.05, 4.69) is 0 Å². The molecule has 3 N–H and O–H groups in total. The molecule has 8 heavy (non-hydrogen) atoms. The number of hydrogen-bond donors (Lipinski definition) is 2. The van der Waals surface area contributed by atoms with E-state index in [1.165, 1.54) is 0 Å². The number of alkyl halides is 2. The van der Waals surface area contributed by atoms with Crippen molar-refractivity contribution in [2.45, 2.75) is 13.0 Å². The number of rotatable bonds is 1. The smallest absolute Gasteiger partial charge is 0.0967 e. The Balaban J connectivity index is 0. The van der Waals surface area contributed by atoms with Gasteiger partial charge >= 0.3 is 0 Å². The largest absolute Gasteiger partial charge is 0.392 e. The molecular formula is C4H11Cl2NO. The minimum Gasteiger partial charge on any atom is -0.392 e. The van der Waals surface area contributed by atoms with Crippen molar-refractivity contribution >= 4 is 23.2 Å². The summed E-state index contributed by atoms with van der Waals surface area (Å²) >= 11 is 9.53. The second-order valence-electron chi connectivity index (χ2n) is 1.19. The summed E-state index contributed by atoms with van der Waals surface area (Å²) in [5.74, 6) is 0. The molecule has 0 aliphatic heterocycles. The van der Waals surface area contributed by atoms with Crippen molar-refractivity contribution in [3.63, 3.8) is 0 Å². The molecule has 0 spiro atoms. The van der Waals surface area contributed by atoms with Gasteiger partial charge in [-0.3, -0.25) is 0 Å². The van der Waals surface area contributed by atoms with Gasteiger partial charge in [-0.1, -0.05) is 0 Å². The number of halogens is 2. The molecule has 0 aromatic heterocycles. The molecule has 0 heterocycles. The average molecular weight is 160 g/mol. The highest BCUT2D eigenvalue weighted by Gasteiger charge is 1.81. The lowest BCUT2D eigenvalue weighted by Crippen LogP contribution is -2.14. The zero-order valence-electron chi connectivity index (χ0n) is 4.77. The zero-order valence-corrected chi connectivity index (χ0v) is 6.28. The van der Waals surface area contributed by atoms with Crippen LogP contribution in [0.3, 0.4) is 0 Å². The predicted octanol–water partition coefficient (Wildman–Crippen LogP) is 0.747. The highest BCUT2D eigenvalue weighted by Crippen LogP contribution is 1.73. The fourth-order valence-corrected chi connectivity index (χ4v) is 0. The van der Waals surface area contributed by atoms with Gasteiger partial charge < -0.3 is 10.8 Å². The van der Waals surface area contributed by atoms with Crippen molar-refractivity contribution in [3.8, 4) is 0 Å². The predicted molar refractivity (Wildman–Crippen MR) is 37.3 cm³/mol. The molecular weight excluding hydrogens is 149 g/mol. The molecule has 0 rings (SSSR count). The van der Waals surface area contributed by atoms with Gasteiger partial charge in [0.25, 0.3) is 0 Å². The summed E-state index contributed by atoms with van der Waals surface area (Å²) in [5.41, 5.74) is 4.92. The quantitative estimate of drug-likeness (QED) is 0.556. The van der Waals surface area contributed by atoms with Crippen LogP contribution in [0.4, 0.5) is 0 Å². The maximum Gasteiger partial charge on any atom is 0.0967 e. The molecule has 1 unspecified atom stereocenters. The number of aliphatic hydroxyl groups is 1. The molecule has 0 saturated carbocycles. The van der Waals surface area contributed by atoms with Crippen molar-refractivity contribution in [2.75, 3.05) is 11.9 Å². The van der Waals surface area contributed by atoms with Crippen LogP contribution >= 0.6 is 23.2 Å². The summed E-state index contributed by atoms with van der Waals surface area (Å²) in [6.45, 7) is 2.01. The molecule has 0 aliphatic carbocycles. The fourth-order valence-electron chi connectivity index (χ4n) is 0. The molecule has 0 saturated heterocycles. The fraction of sp³-hybridized carbons (Fsp3) is 1.00. The maximum atomic E-state index is 8.24. The minimum atomic E-state index is -0.338. The van der Waals surface area contributed by atoms with Crippen LogP contribution in [-0.2, 0) is 0 Å². The zero-order chi connectivity index (χ0) is 6.99. The SMILES string of the molecule is CC(O)CN.ClCCl. The molecule has 2 nitrogen and oxygen atoms in total. The molecule has 0 amide bonds. The molecule has 0 fully saturated rings. The van der Waals surface area contributed by atoms with E-state index >= 15 is 0 Å². The molecule has 52 valence electrons. The lowest BCUT2D eigenvalue weighted by molar-refractivity contribution is 0.203. The van der Waals surface area contributed by atoms with Crippen LogP contribution in [0.2, 0.25) is 0 Å². The first kappa shape index (κ1) is 11.3. The second-order valence-corrected chi connectivity index (χ2v) is 1.99. The molecule has 0 aromatic carbocycles. The van der Waals surface area contributed by atoms with E-state index in [0.717, 1.165) is 0 Å². The van der Waals surface area contributed by atoms with Crippen LogP contribution in [0, 0.1) is 0 Å². The van der Waals surface area contributed by atoms with Gasteiger partial charge in [0.2, 0.25) is 0 Å². The summed E-state index contributed by atoms with van der Waals surface area (Å²) in [4.78, 5) is 0. The van der Waals surface area contributed by atoms with Gasteiger partial charge in [0.05, 0.1) is 11.4 Å². The van der Waals surface area contributed by atoms with E-state index in [1.807, 2.05) is 0 Å². The van der Waals surface area contributed by atoms with E-state index in [4.69, 9.17) is 34.0 Å². The first-order valence-electron chi connectivity index (χ1n) is 2.19. The number of hydrogen-bond acceptors (Lipinski definition) is 2. The summed E-state index contributed by atoms with van der Waals surface area (Å²) < 4.78 is 0. The minimum absolute atomic E-state index is 0.194. The lowest BCUT2D eigenvalue weighted by atomic mass is 10.4. The normalized spacial score (nSPS) is 11.6. The van der Waals surface area contributed by atoms with Crippen molar-refractivity contribution < 1.29 is 5.11 Å². The van der Waals surface area contributed by atoms with Crippen molar-refractivity contribution in [1.29, 1.82) is 0 Å². The van der Waals surface area contributed by atoms with Gasteiger partial charge in [-0.15, -0.1) is 23.2 Å². The Kier molecular flexibility index (Phi) is 14.8. The van der Waals surface area contributed by atoms with Gasteiger partial charge in [0, 0.05) is 6.54 Å². The van der Waals surface area contributed by atoms with Gasteiger partial charge in [-0.25, -0.2) is 0 Å². The molecule has 1 atom stereocenters. The third-order valence-electron chi connectivity index (χ3n) is 0.341. The molecule has 0 bridgehead atoms. The van der Waals surface area contributed by atoms with Crippen LogP contribution < -0.4 is 5.73 Å². The third-order valence-corrected chi connectivity index (χ3v) is 0.341. The van der Waals surface area contributed by atoms with Crippen LogP contribution in [0.5, 0.6) is 0 Å². The first-order chi connectivity index (χ1) is 3.68. The van der Waals surface area contributed by atoms with Crippen molar-refractivity contribution in [2.24, 2.45) is 5.73 Å². The summed E-state index contributed by atoms with van der Waals surface area (Å²) in [6, 6.07) is 0. The average Bonchev–Trinajstić information content (AvgIpc) is 1.69. The Morgan fingerprint density at radius 1 is 1.62 bits per heavy atom. The van der Waals surface area contributed by atoms with Crippen LogP contribution in [0.15, 0.2) is 0 Å². The lowest BCUT2D eigenvalue weighted by Gasteiger charge is -1.91. The van der Waals surface area contributed by atoms with E-state index in [0.29, 0.717) is 6.54 Å². The maximum absolute atomic E-state index is 8.24. The van der Waals surface area contributed by atoms with Crippen LogP contribution in [0.25, 0.3) is 0 Å². The highest BCUT2D eigenvalue weighted by atomic mass is 35.5. The van der Waals surface area contributed by atoms with Crippen LogP contribution in [-0.4, -0.2) is 23.1 Å². The van der Waals surface area contributed by atoms with Gasteiger partial charge in [0.15, 0.2) is 0 Å². The van der Waals surface area contributed by atoms with Gasteiger partial charge in [-0.05, 0) is 6.92 Å². The van der Waals surface area contributed by atoms with Crippen LogP contribution in [0.1, 0.15) is 6.92 Å². The van der Waals surface area contributed by atoms with Gasteiger partial charge in [0.1, 0.15) is 0 Å². The third kappa shape index (κ3) is 31.5. The monoisotopic (exact) mass is 159 g/mol. The summed E-state index contributed by atoms with van der Waals surface area (Å²) in [7, 11) is 0. The number of aliphatic hydroxyl groups excluding tert-OH is 1. The Morgan fingerprint density at radius 3 is 1.75 bits per heavy atom. The van der Waals surface area contributed by atoms with Gasteiger partial charge in [-0.2, -0.15) is 0 Å². The standard InChI is InChI=1S/C3H9NO.CH2Cl2/c1-3(5)2-4;2-1-3/h3,5H,2,4H2,1H3;1H2. The first-order valence-corrected chi connectivity index (χ1v) is 3.26. The molecule has 0 aliphatic rings. The Bertz CT molecular complexity index is 35.2.